The lowest BCUT2D eigenvalue weighted by Gasteiger charge is -2.30. The molecule has 0 radical (unpaired) electrons. The van der Waals surface area contributed by atoms with Crippen LogP contribution in [0.25, 0.3) is 0 Å². The van der Waals surface area contributed by atoms with Crippen molar-refractivity contribution in [1.82, 2.24) is 9.71 Å². The summed E-state index contributed by atoms with van der Waals surface area (Å²) in [6, 6.07) is 0.941. The Morgan fingerprint density at radius 2 is 2.15 bits per heavy atom. The van der Waals surface area contributed by atoms with Gasteiger partial charge in [0.1, 0.15) is 11.4 Å². The van der Waals surface area contributed by atoms with Crippen LogP contribution in [0.4, 0.5) is 5.13 Å². The summed E-state index contributed by atoms with van der Waals surface area (Å²) in [5, 5.41) is 43.6. The first-order chi connectivity index (χ1) is 15.6. The van der Waals surface area contributed by atoms with Gasteiger partial charge in [-0.1, -0.05) is 5.16 Å². The summed E-state index contributed by atoms with van der Waals surface area (Å²) in [6.07, 6.45) is 0.458. The molecule has 0 saturated carbocycles. The summed E-state index contributed by atoms with van der Waals surface area (Å²) < 4.78 is 5.79. The molecule has 0 aromatic carbocycles. The number of thiazole rings is 1. The predicted octanol–water partition coefficient (Wildman–Crippen LogP) is 0.214. The number of nitrogens with zero attached hydrogens (tertiary/aromatic N) is 3. The Balaban J connectivity index is 1.72. The molecule has 176 valence electrons. The zero-order chi connectivity index (χ0) is 24.1. The average molecular weight is 480 g/mol. The van der Waals surface area contributed by atoms with E-state index in [-0.39, 0.29) is 35.1 Å². The third-order valence-electron chi connectivity index (χ3n) is 4.93. The molecule has 13 nitrogen and oxygen atoms in total. The standard InChI is InChI=1S/C18H21BN4O9S/c20-18-21-12(8-33-18)17(22-31-7-10-4-13(24)15(26)6-23(10)30)14(25)3-9-1-2-11(5-16(27)28)32-19(9)29/h4,6,8-9,11,26,29-30H,1-3,5,7H2,(H2,20,21)(H,27,28)/b22-17-/t9-,11+/m1/s1. The number of nitrogens with two attached hydrogens (primary N) is 1. The van der Waals surface area contributed by atoms with E-state index in [1.807, 2.05) is 0 Å². The van der Waals surface area contributed by atoms with Crippen LogP contribution in [-0.2, 0) is 25.7 Å². The molecule has 2 atom stereocenters. The maximum atomic E-state index is 12.9. The van der Waals surface area contributed by atoms with Gasteiger partial charge in [-0.3, -0.25) is 14.4 Å². The molecule has 0 bridgehead atoms. The maximum Gasteiger partial charge on any atom is 0.458 e. The summed E-state index contributed by atoms with van der Waals surface area (Å²) in [6.45, 7) is -0.408. The number of aromatic hydroxyl groups is 1. The number of nitrogen functional groups attached to an aromatic ring is 1. The number of carbonyl (C=O) groups excluding carboxylic acids is 1. The molecule has 0 spiro atoms. The molecule has 1 aliphatic heterocycles. The van der Waals surface area contributed by atoms with Gasteiger partial charge >= 0.3 is 13.1 Å². The Morgan fingerprint density at radius 1 is 1.39 bits per heavy atom. The van der Waals surface area contributed by atoms with Crippen LogP contribution >= 0.6 is 11.3 Å². The number of carbonyl (C=O) groups is 2. The summed E-state index contributed by atoms with van der Waals surface area (Å²) in [5.41, 5.74) is 4.83. The number of aromatic nitrogens is 2. The average Bonchev–Trinajstić information content (AvgIpc) is 3.16. The topological polar surface area (TPSA) is 207 Å². The van der Waals surface area contributed by atoms with Crippen molar-refractivity contribution in [3.63, 3.8) is 0 Å². The molecule has 33 heavy (non-hydrogen) atoms. The molecule has 15 heteroatoms. The van der Waals surface area contributed by atoms with Crippen molar-refractivity contribution in [1.29, 1.82) is 0 Å². The monoisotopic (exact) mass is 480 g/mol. The van der Waals surface area contributed by atoms with E-state index in [0.717, 1.165) is 23.6 Å². The van der Waals surface area contributed by atoms with Crippen molar-refractivity contribution in [2.75, 3.05) is 5.73 Å². The molecule has 1 fully saturated rings. The molecular weight excluding hydrogens is 459 g/mol. The van der Waals surface area contributed by atoms with Gasteiger partial charge in [-0.2, -0.15) is 4.73 Å². The van der Waals surface area contributed by atoms with Crippen LogP contribution in [-0.4, -0.2) is 60.8 Å². The summed E-state index contributed by atoms with van der Waals surface area (Å²) in [4.78, 5) is 44.5. The van der Waals surface area contributed by atoms with E-state index in [1.54, 1.807) is 0 Å². The normalized spacial score (nSPS) is 18.8. The van der Waals surface area contributed by atoms with E-state index in [2.05, 4.69) is 10.1 Å². The molecule has 3 rings (SSSR count). The second kappa shape index (κ2) is 10.5. The molecule has 1 saturated heterocycles. The molecular formula is C18H21BN4O9S. The molecule has 0 unspecified atom stereocenters. The third kappa shape index (κ3) is 6.30. The fourth-order valence-corrected chi connectivity index (χ4v) is 3.81. The van der Waals surface area contributed by atoms with Crippen LogP contribution in [0.3, 0.4) is 0 Å². The highest BCUT2D eigenvalue weighted by atomic mass is 32.1. The Kier molecular flexibility index (Phi) is 7.68. The van der Waals surface area contributed by atoms with Crippen molar-refractivity contribution < 1.29 is 39.5 Å². The second-order valence-electron chi connectivity index (χ2n) is 7.35. The largest absolute Gasteiger partial charge is 0.503 e. The number of rotatable bonds is 9. The molecule has 6 N–H and O–H groups in total. The summed E-state index contributed by atoms with van der Waals surface area (Å²) >= 11 is 1.07. The van der Waals surface area contributed by atoms with Crippen LogP contribution < -0.4 is 11.2 Å². The predicted molar refractivity (Wildman–Crippen MR) is 115 cm³/mol. The highest BCUT2D eigenvalue weighted by Gasteiger charge is 2.38. The van der Waals surface area contributed by atoms with Crippen molar-refractivity contribution in [3.05, 3.63) is 39.3 Å². The lowest BCUT2D eigenvalue weighted by molar-refractivity contribution is -0.139. The Morgan fingerprint density at radius 3 is 2.79 bits per heavy atom. The zero-order valence-electron chi connectivity index (χ0n) is 17.2. The van der Waals surface area contributed by atoms with Crippen LogP contribution in [0.15, 0.2) is 27.6 Å². The van der Waals surface area contributed by atoms with Gasteiger partial charge < -0.3 is 35.7 Å². The third-order valence-corrected chi connectivity index (χ3v) is 5.60. The number of hydrogen-bond donors (Lipinski definition) is 5. The molecule has 2 aromatic rings. The fourth-order valence-electron chi connectivity index (χ4n) is 3.26. The molecule has 2 aromatic heterocycles. The van der Waals surface area contributed by atoms with Crippen molar-refractivity contribution in [2.24, 2.45) is 5.16 Å². The minimum Gasteiger partial charge on any atom is -0.503 e. The van der Waals surface area contributed by atoms with Gasteiger partial charge in [-0.05, 0) is 12.8 Å². The Labute approximate surface area is 190 Å². The first-order valence-electron chi connectivity index (χ1n) is 9.77. The molecule has 0 amide bonds. The second-order valence-corrected chi connectivity index (χ2v) is 8.24. The number of aliphatic carboxylic acids is 1. The fraction of sp³-hybridized carbons (Fsp3) is 0.389. The van der Waals surface area contributed by atoms with E-state index in [1.165, 1.54) is 5.38 Å². The number of ketones is 1. The highest BCUT2D eigenvalue weighted by Crippen LogP contribution is 2.31. The van der Waals surface area contributed by atoms with Gasteiger partial charge in [0.25, 0.3) is 0 Å². The number of pyridine rings is 1. The van der Waals surface area contributed by atoms with E-state index >= 15 is 0 Å². The number of carboxylic acid groups (broad SMARTS) is 1. The number of hydrogen-bond acceptors (Lipinski definition) is 12. The van der Waals surface area contributed by atoms with Crippen LogP contribution in [0.5, 0.6) is 5.75 Å². The van der Waals surface area contributed by atoms with Crippen molar-refractivity contribution >= 4 is 41.1 Å². The molecule has 1 aliphatic rings. The lowest BCUT2D eigenvalue weighted by atomic mass is 9.64. The van der Waals surface area contributed by atoms with Crippen LogP contribution in [0.1, 0.15) is 37.1 Å². The number of oxime groups is 1. The SMILES string of the molecule is Nc1nc(/C(=N/OCc2cc(=O)c(O)cn2O)C(=O)C[C@H]2CC[C@@H](CC(=O)O)OB2O)cs1. The molecule has 0 aliphatic carbocycles. The van der Waals surface area contributed by atoms with Crippen LogP contribution in [0, 0.1) is 0 Å². The Bertz CT molecular complexity index is 1120. The number of Topliss-reactive ketones (excluding diaryl/α,β-unsaturated/α-hetero) is 1. The number of anilines is 1. The first kappa shape index (κ1) is 24.2. The minimum absolute atomic E-state index is 0.0354. The summed E-state index contributed by atoms with van der Waals surface area (Å²) in [7, 11) is -1.32. The van der Waals surface area contributed by atoms with Crippen molar-refractivity contribution in [3.8, 4) is 5.75 Å². The van der Waals surface area contributed by atoms with Gasteiger partial charge in [0.2, 0.25) is 5.43 Å². The van der Waals surface area contributed by atoms with E-state index in [0.29, 0.717) is 17.6 Å². The van der Waals surface area contributed by atoms with Gasteiger partial charge in [0.15, 0.2) is 29.0 Å². The van der Waals surface area contributed by atoms with E-state index in [9.17, 15) is 29.7 Å². The Hall–Kier alpha value is -3.43. The lowest BCUT2D eigenvalue weighted by Crippen LogP contribution is -2.38. The van der Waals surface area contributed by atoms with Crippen LogP contribution in [0.2, 0.25) is 5.82 Å². The van der Waals surface area contributed by atoms with Gasteiger partial charge in [0.05, 0.1) is 18.7 Å². The zero-order valence-corrected chi connectivity index (χ0v) is 18.0. The molecule has 3 heterocycles. The number of carboxylic acids is 1. The smallest absolute Gasteiger partial charge is 0.458 e. The summed E-state index contributed by atoms with van der Waals surface area (Å²) in [5.74, 6) is -2.83. The first-order valence-corrected chi connectivity index (χ1v) is 10.7. The van der Waals surface area contributed by atoms with Gasteiger partial charge in [-0.25, -0.2) is 4.98 Å². The van der Waals surface area contributed by atoms with Gasteiger partial charge in [0, 0.05) is 23.7 Å². The quantitative estimate of drug-likeness (QED) is 0.142. The minimum atomic E-state index is -1.32. The van der Waals surface area contributed by atoms with E-state index < -0.39 is 48.6 Å². The van der Waals surface area contributed by atoms with Gasteiger partial charge in [-0.15, -0.1) is 11.3 Å². The maximum absolute atomic E-state index is 12.9. The van der Waals surface area contributed by atoms with Crippen molar-refractivity contribution in [2.45, 2.75) is 44.2 Å². The highest BCUT2D eigenvalue weighted by molar-refractivity contribution is 7.13. The van der Waals surface area contributed by atoms with E-state index in [4.69, 9.17) is 20.3 Å².